The summed E-state index contributed by atoms with van der Waals surface area (Å²) in [6.07, 6.45) is 7.73. The van der Waals surface area contributed by atoms with Crippen molar-refractivity contribution in [3.8, 4) is 12.3 Å². The van der Waals surface area contributed by atoms with Crippen molar-refractivity contribution in [2.24, 2.45) is 17.6 Å². The molecule has 0 fully saturated rings. The first-order valence-electron chi connectivity index (χ1n) is 6.46. The number of hydrogen-bond donors (Lipinski definition) is 1. The van der Waals surface area contributed by atoms with E-state index in [2.05, 4.69) is 19.8 Å². The van der Waals surface area contributed by atoms with Crippen molar-refractivity contribution >= 4 is 5.91 Å². The van der Waals surface area contributed by atoms with Crippen molar-refractivity contribution < 1.29 is 4.79 Å². The fourth-order valence-corrected chi connectivity index (χ4v) is 1.98. The zero-order valence-electron chi connectivity index (χ0n) is 11.4. The molecule has 2 N–H and O–H groups in total. The summed E-state index contributed by atoms with van der Waals surface area (Å²) in [4.78, 5) is 13.8. The van der Waals surface area contributed by atoms with E-state index in [1.165, 1.54) is 0 Å². The summed E-state index contributed by atoms with van der Waals surface area (Å²) in [6, 6.07) is 0. The first kappa shape index (κ1) is 16.0. The maximum atomic E-state index is 12.0. The van der Waals surface area contributed by atoms with Gasteiger partial charge in [-0.3, -0.25) is 4.79 Å². The summed E-state index contributed by atoms with van der Waals surface area (Å²) in [5.41, 5.74) is 5.71. The van der Waals surface area contributed by atoms with Crippen LogP contribution in [0.3, 0.4) is 0 Å². The minimum atomic E-state index is 0.140. The number of nitrogens with two attached hydrogens (primary N) is 1. The van der Waals surface area contributed by atoms with Gasteiger partial charge in [0.05, 0.1) is 6.54 Å². The van der Waals surface area contributed by atoms with Crippen molar-refractivity contribution in [1.82, 2.24) is 4.90 Å². The fourth-order valence-electron chi connectivity index (χ4n) is 1.98. The fraction of sp³-hybridized carbons (Fsp3) is 0.786. The number of hydrogen-bond acceptors (Lipinski definition) is 2. The molecule has 0 spiro atoms. The molecule has 0 saturated carbocycles. The molecule has 0 radical (unpaired) electrons. The van der Waals surface area contributed by atoms with Crippen LogP contribution in [0.25, 0.3) is 0 Å². The van der Waals surface area contributed by atoms with Crippen LogP contribution in [0.4, 0.5) is 0 Å². The van der Waals surface area contributed by atoms with Crippen LogP contribution in [-0.2, 0) is 4.79 Å². The van der Waals surface area contributed by atoms with Crippen LogP contribution in [0.1, 0.15) is 40.0 Å². The van der Waals surface area contributed by atoms with E-state index in [1.54, 1.807) is 4.90 Å². The molecule has 0 rings (SSSR count). The molecule has 0 aliphatic rings. The first-order chi connectivity index (χ1) is 8.04. The molecule has 0 aromatic rings. The molecule has 3 heteroatoms. The Hall–Kier alpha value is -1.01. The highest BCUT2D eigenvalue weighted by Crippen LogP contribution is 2.15. The molecule has 0 aromatic heterocycles. The van der Waals surface area contributed by atoms with Crippen LogP contribution in [0.5, 0.6) is 0 Å². The monoisotopic (exact) mass is 238 g/mol. The van der Waals surface area contributed by atoms with Crippen molar-refractivity contribution in [1.29, 1.82) is 0 Å². The summed E-state index contributed by atoms with van der Waals surface area (Å²) in [5, 5.41) is 0. The van der Waals surface area contributed by atoms with Crippen LogP contribution < -0.4 is 5.73 Å². The molecule has 17 heavy (non-hydrogen) atoms. The van der Waals surface area contributed by atoms with Gasteiger partial charge in [0.2, 0.25) is 5.91 Å². The lowest BCUT2D eigenvalue weighted by Gasteiger charge is -2.23. The lowest BCUT2D eigenvalue weighted by Crippen LogP contribution is -2.34. The third-order valence-electron chi connectivity index (χ3n) is 2.73. The van der Waals surface area contributed by atoms with E-state index in [1.807, 2.05) is 6.92 Å². The van der Waals surface area contributed by atoms with Crippen molar-refractivity contribution in [3.63, 3.8) is 0 Å². The van der Waals surface area contributed by atoms with Gasteiger partial charge < -0.3 is 10.6 Å². The molecular weight excluding hydrogens is 212 g/mol. The Morgan fingerprint density at radius 1 is 1.47 bits per heavy atom. The second-order valence-corrected chi connectivity index (χ2v) is 4.95. The van der Waals surface area contributed by atoms with E-state index >= 15 is 0 Å². The zero-order chi connectivity index (χ0) is 13.3. The van der Waals surface area contributed by atoms with Gasteiger partial charge in [-0.15, -0.1) is 6.42 Å². The predicted molar refractivity (Wildman–Crippen MR) is 72.3 cm³/mol. The minimum Gasteiger partial charge on any atom is -0.332 e. The summed E-state index contributed by atoms with van der Waals surface area (Å²) < 4.78 is 0. The molecule has 1 amide bonds. The number of carbonyl (C=O) groups is 1. The van der Waals surface area contributed by atoms with Gasteiger partial charge in [0.1, 0.15) is 0 Å². The Balaban J connectivity index is 4.30. The first-order valence-corrected chi connectivity index (χ1v) is 6.46. The van der Waals surface area contributed by atoms with Gasteiger partial charge in [-0.25, -0.2) is 0 Å². The molecule has 1 atom stereocenters. The van der Waals surface area contributed by atoms with E-state index in [9.17, 15) is 4.79 Å². The molecule has 1 unspecified atom stereocenters. The predicted octanol–water partition coefficient (Wildman–Crippen LogP) is 1.87. The second-order valence-electron chi connectivity index (χ2n) is 4.95. The van der Waals surface area contributed by atoms with Gasteiger partial charge in [-0.05, 0) is 31.2 Å². The Morgan fingerprint density at radius 2 is 2.12 bits per heavy atom. The average molecular weight is 238 g/mol. The van der Waals surface area contributed by atoms with Crippen molar-refractivity contribution in [2.75, 3.05) is 19.6 Å². The lowest BCUT2D eigenvalue weighted by atomic mass is 9.94. The molecule has 0 heterocycles. The lowest BCUT2D eigenvalue weighted by molar-refractivity contribution is -0.131. The smallest absolute Gasteiger partial charge is 0.223 e. The molecule has 0 saturated heterocycles. The Bertz CT molecular complexity index is 255. The van der Waals surface area contributed by atoms with Crippen molar-refractivity contribution in [2.45, 2.75) is 40.0 Å². The van der Waals surface area contributed by atoms with Crippen molar-refractivity contribution in [3.05, 3.63) is 0 Å². The molecule has 0 aliphatic heterocycles. The van der Waals surface area contributed by atoms with Gasteiger partial charge in [0.25, 0.3) is 0 Å². The zero-order valence-corrected chi connectivity index (χ0v) is 11.4. The van der Waals surface area contributed by atoms with Crippen LogP contribution in [0, 0.1) is 24.2 Å². The topological polar surface area (TPSA) is 46.3 Å². The van der Waals surface area contributed by atoms with Gasteiger partial charge >= 0.3 is 0 Å². The van der Waals surface area contributed by atoms with Gasteiger partial charge in [-0.2, -0.15) is 0 Å². The normalized spacial score (nSPS) is 12.2. The second kappa shape index (κ2) is 9.07. The van der Waals surface area contributed by atoms with E-state index < -0.39 is 0 Å². The van der Waals surface area contributed by atoms with Gasteiger partial charge in [0, 0.05) is 13.0 Å². The molecule has 0 aliphatic carbocycles. The molecule has 3 nitrogen and oxygen atoms in total. The SMILES string of the molecule is C#CCN(CCC)C(=O)CC(CN)CC(C)C. The van der Waals surface area contributed by atoms with Crippen LogP contribution in [-0.4, -0.2) is 30.4 Å². The maximum absolute atomic E-state index is 12.0. The molecule has 0 bridgehead atoms. The summed E-state index contributed by atoms with van der Waals surface area (Å²) >= 11 is 0. The molecular formula is C14H26N2O. The largest absolute Gasteiger partial charge is 0.332 e. The maximum Gasteiger partial charge on any atom is 0.223 e. The van der Waals surface area contributed by atoms with Gasteiger partial charge in [0.15, 0.2) is 0 Å². The number of rotatable bonds is 8. The Morgan fingerprint density at radius 3 is 2.53 bits per heavy atom. The number of amides is 1. The highest BCUT2D eigenvalue weighted by molar-refractivity contribution is 5.76. The minimum absolute atomic E-state index is 0.140. The quantitative estimate of drug-likeness (QED) is 0.656. The molecule has 98 valence electrons. The van der Waals surface area contributed by atoms with E-state index in [0.717, 1.165) is 19.4 Å². The van der Waals surface area contributed by atoms with Crippen LogP contribution in [0.15, 0.2) is 0 Å². The summed E-state index contributed by atoms with van der Waals surface area (Å²) in [5.74, 6) is 3.53. The molecule has 0 aromatic carbocycles. The summed E-state index contributed by atoms with van der Waals surface area (Å²) in [6.45, 7) is 8.07. The number of nitrogens with zero attached hydrogens (tertiary/aromatic N) is 1. The average Bonchev–Trinajstić information content (AvgIpc) is 2.27. The summed E-state index contributed by atoms with van der Waals surface area (Å²) in [7, 11) is 0. The number of terminal acetylenes is 1. The van der Waals surface area contributed by atoms with Crippen LogP contribution in [0.2, 0.25) is 0 Å². The van der Waals surface area contributed by atoms with Crippen LogP contribution >= 0.6 is 0 Å². The highest BCUT2D eigenvalue weighted by Gasteiger charge is 2.18. The third kappa shape index (κ3) is 7.01. The van der Waals surface area contributed by atoms with E-state index in [4.69, 9.17) is 12.2 Å². The standard InChI is InChI=1S/C14H26N2O/c1-5-7-16(8-6-2)14(17)10-13(11-15)9-12(3)4/h1,12-13H,6-11,15H2,2-4H3. The number of carbonyl (C=O) groups excluding carboxylic acids is 1. The Kier molecular flexibility index (Phi) is 8.53. The van der Waals surface area contributed by atoms with E-state index in [0.29, 0.717) is 25.4 Å². The van der Waals surface area contributed by atoms with Gasteiger partial charge in [-0.1, -0.05) is 26.7 Å². The Labute approximate surface area is 106 Å². The highest BCUT2D eigenvalue weighted by atomic mass is 16.2. The third-order valence-corrected chi connectivity index (χ3v) is 2.73. The van der Waals surface area contributed by atoms with E-state index in [-0.39, 0.29) is 11.8 Å².